The minimum absolute atomic E-state index is 0.0803. The molecule has 0 spiro atoms. The van der Waals surface area contributed by atoms with Crippen LogP contribution in [0.25, 0.3) is 0 Å². The molecule has 0 radical (unpaired) electrons. The highest BCUT2D eigenvalue weighted by atomic mass is 19.4. The molecule has 3 aliphatic heterocycles. The molecule has 0 saturated carbocycles. The zero-order chi connectivity index (χ0) is 23.4. The number of halogens is 3. The van der Waals surface area contributed by atoms with Crippen molar-refractivity contribution in [1.29, 1.82) is 0 Å². The number of esters is 2. The summed E-state index contributed by atoms with van der Waals surface area (Å²) in [5, 5.41) is 10.8. The van der Waals surface area contributed by atoms with Crippen molar-refractivity contribution in [2.24, 2.45) is 11.8 Å². The molecule has 2 bridgehead atoms. The van der Waals surface area contributed by atoms with Gasteiger partial charge in [-0.05, 0) is 25.5 Å². The van der Waals surface area contributed by atoms with Crippen LogP contribution in [-0.2, 0) is 28.5 Å². The van der Waals surface area contributed by atoms with E-state index in [2.05, 4.69) is 6.58 Å². The molecule has 3 heterocycles. The molecule has 0 aromatic carbocycles. The van der Waals surface area contributed by atoms with Crippen LogP contribution < -0.4 is 0 Å². The third kappa shape index (κ3) is 4.51. The van der Waals surface area contributed by atoms with Crippen LogP contribution in [-0.4, -0.2) is 59.5 Å². The molecule has 0 aromatic heterocycles. The van der Waals surface area contributed by atoms with Crippen LogP contribution in [0.3, 0.4) is 0 Å². The Morgan fingerprint density at radius 1 is 1.39 bits per heavy atom. The van der Waals surface area contributed by atoms with Crippen LogP contribution in [0.4, 0.5) is 13.2 Å². The zero-order valence-corrected chi connectivity index (χ0v) is 17.8. The quantitative estimate of drug-likeness (QED) is 0.402. The number of aliphatic hydroxyl groups is 1. The molecule has 2 unspecified atom stereocenters. The molecule has 0 aromatic rings. The van der Waals surface area contributed by atoms with Crippen LogP contribution in [0.15, 0.2) is 23.8 Å². The van der Waals surface area contributed by atoms with Gasteiger partial charge in [-0.1, -0.05) is 20.4 Å². The molecule has 3 rings (SSSR count). The number of carbonyl (C=O) groups is 2. The van der Waals surface area contributed by atoms with Crippen LogP contribution >= 0.6 is 0 Å². The van der Waals surface area contributed by atoms with Crippen molar-refractivity contribution in [1.82, 2.24) is 0 Å². The number of aliphatic hydroxyl groups excluding tert-OH is 1. The Kier molecular flexibility index (Phi) is 6.05. The Morgan fingerprint density at radius 2 is 2.03 bits per heavy atom. The highest BCUT2D eigenvalue weighted by Gasteiger charge is 2.60. The van der Waals surface area contributed by atoms with Crippen molar-refractivity contribution in [2.45, 2.75) is 76.4 Å². The third-order valence-corrected chi connectivity index (χ3v) is 6.06. The van der Waals surface area contributed by atoms with Crippen LogP contribution in [0.1, 0.15) is 40.5 Å². The lowest BCUT2D eigenvalue weighted by molar-refractivity contribution is -0.276. The van der Waals surface area contributed by atoms with Gasteiger partial charge in [0.2, 0.25) is 0 Å². The van der Waals surface area contributed by atoms with Crippen molar-refractivity contribution < 1.29 is 46.8 Å². The van der Waals surface area contributed by atoms with E-state index >= 15 is 0 Å². The second kappa shape index (κ2) is 7.90. The number of alkyl halides is 3. The monoisotopic (exact) mass is 448 g/mol. The van der Waals surface area contributed by atoms with Crippen molar-refractivity contribution in [3.05, 3.63) is 23.8 Å². The number of fused-ring (bicyclic) bond motifs is 3. The standard InChI is InChI=1S/C21H27F3O7/c1-10(2)17(26)30-14-7-19(5)15(25)8-20(31-19,28-9-21(22,23)24)11(3)6-13-16(14)12(4)18(27)29-13/h6,10,13-16,25H,4,7-9H2,1-3,5H3/b11-6+/t13-,14?,15?,16+,19-,20-/m1/s1. The summed E-state index contributed by atoms with van der Waals surface area (Å²) in [7, 11) is 0. The summed E-state index contributed by atoms with van der Waals surface area (Å²) in [6.45, 7) is 8.46. The topological polar surface area (TPSA) is 91.3 Å². The fourth-order valence-electron chi connectivity index (χ4n) is 4.26. The molecule has 0 amide bonds. The molecule has 174 valence electrons. The van der Waals surface area contributed by atoms with Gasteiger partial charge in [0.15, 0.2) is 5.79 Å². The lowest BCUT2D eigenvalue weighted by atomic mass is 9.80. The average molecular weight is 448 g/mol. The number of hydrogen-bond acceptors (Lipinski definition) is 7. The smallest absolute Gasteiger partial charge is 0.411 e. The van der Waals surface area contributed by atoms with Gasteiger partial charge in [-0.15, -0.1) is 0 Å². The molecule has 1 N–H and O–H groups in total. The second-order valence-electron chi connectivity index (χ2n) is 8.90. The molecule has 6 atom stereocenters. The predicted octanol–water partition coefficient (Wildman–Crippen LogP) is 2.82. The van der Waals surface area contributed by atoms with E-state index < -0.39 is 66.3 Å². The lowest BCUT2D eigenvalue weighted by Gasteiger charge is -2.36. The Bertz CT molecular complexity index is 805. The summed E-state index contributed by atoms with van der Waals surface area (Å²) in [6.07, 6.45) is -6.66. The van der Waals surface area contributed by atoms with Crippen molar-refractivity contribution in [2.75, 3.05) is 6.61 Å². The van der Waals surface area contributed by atoms with Crippen molar-refractivity contribution in [3.63, 3.8) is 0 Å². The van der Waals surface area contributed by atoms with Gasteiger partial charge in [0.05, 0.1) is 23.5 Å². The van der Waals surface area contributed by atoms with E-state index in [0.29, 0.717) is 0 Å². The average Bonchev–Trinajstić information content (AvgIpc) is 3.06. The molecular formula is C21H27F3O7. The molecule has 10 heteroatoms. The molecule has 2 fully saturated rings. The third-order valence-electron chi connectivity index (χ3n) is 6.06. The largest absolute Gasteiger partial charge is 0.461 e. The summed E-state index contributed by atoms with van der Waals surface area (Å²) < 4.78 is 60.9. The number of ether oxygens (including phenoxy) is 4. The van der Waals surface area contributed by atoms with Crippen LogP contribution in [0, 0.1) is 11.8 Å². The van der Waals surface area contributed by atoms with Crippen molar-refractivity contribution >= 4 is 11.9 Å². The van der Waals surface area contributed by atoms with Gasteiger partial charge in [0.1, 0.15) is 18.8 Å². The Labute approximate surface area is 178 Å². The van der Waals surface area contributed by atoms with E-state index in [1.165, 1.54) is 19.9 Å². The molecular weight excluding hydrogens is 421 g/mol. The molecule has 2 saturated heterocycles. The number of rotatable bonds is 4. The first kappa shape index (κ1) is 23.7. The van der Waals surface area contributed by atoms with Crippen LogP contribution in [0.2, 0.25) is 0 Å². The zero-order valence-electron chi connectivity index (χ0n) is 17.8. The van der Waals surface area contributed by atoms with Gasteiger partial charge in [-0.3, -0.25) is 4.79 Å². The predicted molar refractivity (Wildman–Crippen MR) is 100 cm³/mol. The highest BCUT2D eigenvalue weighted by Crippen LogP contribution is 2.50. The fourth-order valence-corrected chi connectivity index (χ4v) is 4.26. The second-order valence-corrected chi connectivity index (χ2v) is 8.90. The van der Waals surface area contributed by atoms with Crippen LogP contribution in [0.5, 0.6) is 0 Å². The van der Waals surface area contributed by atoms with Gasteiger partial charge < -0.3 is 24.1 Å². The van der Waals surface area contributed by atoms with Crippen molar-refractivity contribution in [3.8, 4) is 0 Å². The van der Waals surface area contributed by atoms with Gasteiger partial charge in [-0.25, -0.2) is 4.79 Å². The summed E-state index contributed by atoms with van der Waals surface area (Å²) in [4.78, 5) is 24.6. The maximum atomic E-state index is 12.9. The van der Waals surface area contributed by atoms with E-state index in [-0.39, 0.29) is 24.0 Å². The first-order valence-corrected chi connectivity index (χ1v) is 10.1. The SMILES string of the molecule is C=C1C(=O)O[C@@H]2/C=C(\C)[C@@]3(OCC(F)(F)F)CC(O)[C@@](C)(CC(OC(=O)C(C)C)[C@@H]12)O3. The molecule has 3 aliphatic rings. The Hall–Kier alpha value is -1.91. The summed E-state index contributed by atoms with van der Waals surface area (Å²) in [6, 6.07) is 0. The number of hydrogen-bond donors (Lipinski definition) is 1. The van der Waals surface area contributed by atoms with E-state index in [9.17, 15) is 27.9 Å². The van der Waals surface area contributed by atoms with Gasteiger partial charge in [0.25, 0.3) is 0 Å². The fraction of sp³-hybridized carbons (Fsp3) is 0.714. The normalized spacial score (nSPS) is 39.8. The lowest BCUT2D eigenvalue weighted by Crippen LogP contribution is -2.45. The van der Waals surface area contributed by atoms with E-state index in [1.54, 1.807) is 13.8 Å². The molecule has 31 heavy (non-hydrogen) atoms. The highest BCUT2D eigenvalue weighted by molar-refractivity contribution is 5.91. The van der Waals surface area contributed by atoms with E-state index in [1.807, 2.05) is 0 Å². The first-order valence-electron chi connectivity index (χ1n) is 10.1. The molecule has 7 nitrogen and oxygen atoms in total. The minimum atomic E-state index is -4.62. The van der Waals surface area contributed by atoms with Gasteiger partial charge >= 0.3 is 18.1 Å². The van der Waals surface area contributed by atoms with Gasteiger partial charge in [0, 0.05) is 18.4 Å². The van der Waals surface area contributed by atoms with Gasteiger partial charge in [-0.2, -0.15) is 13.2 Å². The maximum Gasteiger partial charge on any atom is 0.411 e. The Balaban J connectivity index is 2.06. The summed E-state index contributed by atoms with van der Waals surface area (Å²) >= 11 is 0. The maximum absolute atomic E-state index is 12.9. The number of carbonyl (C=O) groups excluding carboxylic acids is 2. The molecule has 0 aliphatic carbocycles. The summed E-state index contributed by atoms with van der Waals surface area (Å²) in [5.74, 6) is -4.34. The van der Waals surface area contributed by atoms with E-state index in [4.69, 9.17) is 18.9 Å². The van der Waals surface area contributed by atoms with E-state index in [0.717, 1.165) is 0 Å². The Morgan fingerprint density at radius 3 is 2.61 bits per heavy atom. The summed E-state index contributed by atoms with van der Waals surface area (Å²) in [5.41, 5.74) is -1.12. The minimum Gasteiger partial charge on any atom is -0.461 e. The first-order chi connectivity index (χ1) is 14.2.